The van der Waals surface area contributed by atoms with Gasteiger partial charge in [-0.1, -0.05) is 17.7 Å². The molecule has 0 aliphatic rings. The van der Waals surface area contributed by atoms with Gasteiger partial charge in [0.2, 0.25) is 0 Å². The van der Waals surface area contributed by atoms with Gasteiger partial charge in [0.05, 0.1) is 19.4 Å². The SMILES string of the molecule is CN(C(=O)[n+]1ccccc1)c1ccc(Cl)cc1. The van der Waals surface area contributed by atoms with Gasteiger partial charge in [-0.3, -0.25) is 0 Å². The Balaban J connectivity index is 2.23. The summed E-state index contributed by atoms with van der Waals surface area (Å²) in [6, 6.07) is 12.5. The molecule has 0 saturated carbocycles. The lowest BCUT2D eigenvalue weighted by molar-refractivity contribution is -0.569. The van der Waals surface area contributed by atoms with E-state index in [9.17, 15) is 4.79 Å². The first kappa shape index (κ1) is 11.6. The number of aromatic nitrogens is 1. The summed E-state index contributed by atoms with van der Waals surface area (Å²) in [5, 5.41) is 0.655. The van der Waals surface area contributed by atoms with Gasteiger partial charge in [-0.15, -0.1) is 0 Å². The van der Waals surface area contributed by atoms with Crippen molar-refractivity contribution in [1.29, 1.82) is 0 Å². The second-order valence-corrected chi connectivity index (χ2v) is 4.04. The number of amides is 1. The van der Waals surface area contributed by atoms with E-state index >= 15 is 0 Å². The summed E-state index contributed by atoms with van der Waals surface area (Å²) < 4.78 is 1.52. The molecule has 0 atom stereocenters. The first-order valence-corrected chi connectivity index (χ1v) is 5.56. The highest BCUT2D eigenvalue weighted by Gasteiger charge is 2.21. The van der Waals surface area contributed by atoms with E-state index < -0.39 is 0 Å². The van der Waals surface area contributed by atoms with Crippen LogP contribution in [0.3, 0.4) is 0 Å². The number of halogens is 1. The standard InChI is InChI=1S/C13H12ClN2O/c1-15(12-7-5-11(14)6-8-12)13(17)16-9-3-2-4-10-16/h2-10H,1H3/q+1. The minimum atomic E-state index is -0.118. The molecule has 1 aromatic heterocycles. The average Bonchev–Trinajstić information content (AvgIpc) is 2.39. The van der Waals surface area contributed by atoms with Crippen LogP contribution in [0.2, 0.25) is 5.02 Å². The van der Waals surface area contributed by atoms with Crippen molar-refractivity contribution in [3.8, 4) is 0 Å². The van der Waals surface area contributed by atoms with E-state index in [4.69, 9.17) is 11.6 Å². The molecule has 86 valence electrons. The van der Waals surface area contributed by atoms with E-state index in [0.29, 0.717) is 5.02 Å². The van der Waals surface area contributed by atoms with Gasteiger partial charge in [-0.05, 0) is 36.4 Å². The number of rotatable bonds is 1. The minimum Gasteiger partial charge on any atom is -0.196 e. The summed E-state index contributed by atoms with van der Waals surface area (Å²) in [6.07, 6.45) is 3.43. The zero-order valence-corrected chi connectivity index (χ0v) is 10.1. The maximum Gasteiger partial charge on any atom is 0.502 e. The molecule has 17 heavy (non-hydrogen) atoms. The third kappa shape index (κ3) is 2.63. The molecular weight excluding hydrogens is 236 g/mol. The fourth-order valence-corrected chi connectivity index (χ4v) is 1.60. The Bertz CT molecular complexity index is 511. The largest absolute Gasteiger partial charge is 0.502 e. The van der Waals surface area contributed by atoms with E-state index in [1.807, 2.05) is 30.3 Å². The predicted octanol–water partition coefficient (Wildman–Crippen LogP) is 2.73. The number of anilines is 1. The van der Waals surface area contributed by atoms with Gasteiger partial charge in [-0.2, -0.15) is 14.3 Å². The molecule has 0 N–H and O–H groups in total. The summed E-state index contributed by atoms with van der Waals surface area (Å²) in [5.74, 6) is 0. The van der Waals surface area contributed by atoms with Crippen LogP contribution < -0.4 is 9.47 Å². The molecule has 0 fully saturated rings. The monoisotopic (exact) mass is 247 g/mol. The number of pyridine rings is 1. The first-order valence-electron chi connectivity index (χ1n) is 5.18. The zero-order chi connectivity index (χ0) is 12.3. The predicted molar refractivity (Wildman–Crippen MR) is 67.3 cm³/mol. The maximum atomic E-state index is 12.1. The molecule has 4 heteroatoms. The third-order valence-corrected chi connectivity index (χ3v) is 2.69. The molecule has 2 aromatic rings. The van der Waals surface area contributed by atoms with Crippen LogP contribution in [0, 0.1) is 0 Å². The molecule has 1 amide bonds. The lowest BCUT2D eigenvalue weighted by Gasteiger charge is -2.09. The summed E-state index contributed by atoms with van der Waals surface area (Å²) in [7, 11) is 1.73. The van der Waals surface area contributed by atoms with Crippen molar-refractivity contribution < 1.29 is 9.36 Å². The van der Waals surface area contributed by atoms with Gasteiger partial charge < -0.3 is 0 Å². The number of hydrogen-bond donors (Lipinski definition) is 0. The number of hydrogen-bond acceptors (Lipinski definition) is 1. The van der Waals surface area contributed by atoms with Crippen LogP contribution in [-0.2, 0) is 0 Å². The quantitative estimate of drug-likeness (QED) is 0.711. The van der Waals surface area contributed by atoms with E-state index in [2.05, 4.69) is 0 Å². The van der Waals surface area contributed by atoms with Crippen LogP contribution in [0.5, 0.6) is 0 Å². The van der Waals surface area contributed by atoms with E-state index in [-0.39, 0.29) is 6.03 Å². The fraction of sp³-hybridized carbons (Fsp3) is 0.0769. The number of carbonyl (C=O) groups is 1. The summed E-state index contributed by atoms with van der Waals surface area (Å²) in [6.45, 7) is 0. The van der Waals surface area contributed by atoms with Crippen molar-refractivity contribution in [2.45, 2.75) is 0 Å². The molecule has 0 spiro atoms. The summed E-state index contributed by atoms with van der Waals surface area (Å²) >= 11 is 5.80. The van der Waals surface area contributed by atoms with E-state index in [0.717, 1.165) is 5.69 Å². The number of benzene rings is 1. The minimum absolute atomic E-state index is 0.118. The second-order valence-electron chi connectivity index (χ2n) is 3.60. The zero-order valence-electron chi connectivity index (χ0n) is 9.38. The van der Waals surface area contributed by atoms with Crippen molar-refractivity contribution in [3.63, 3.8) is 0 Å². The van der Waals surface area contributed by atoms with E-state index in [1.165, 1.54) is 4.57 Å². The van der Waals surface area contributed by atoms with Crippen molar-refractivity contribution in [2.75, 3.05) is 11.9 Å². The Morgan fingerprint density at radius 3 is 2.29 bits per heavy atom. The highest BCUT2D eigenvalue weighted by Crippen LogP contribution is 2.16. The molecule has 1 heterocycles. The molecule has 0 saturated heterocycles. The second kappa shape index (κ2) is 4.97. The smallest absolute Gasteiger partial charge is 0.196 e. The molecule has 0 radical (unpaired) electrons. The highest BCUT2D eigenvalue weighted by atomic mass is 35.5. The van der Waals surface area contributed by atoms with Gasteiger partial charge in [0.1, 0.15) is 5.69 Å². The van der Waals surface area contributed by atoms with Crippen molar-refractivity contribution in [2.24, 2.45) is 0 Å². The third-order valence-electron chi connectivity index (χ3n) is 2.44. The van der Waals surface area contributed by atoms with Crippen molar-refractivity contribution >= 4 is 23.3 Å². The molecule has 0 aliphatic carbocycles. The maximum absolute atomic E-state index is 12.1. The Labute approximate surface area is 105 Å². The van der Waals surface area contributed by atoms with Crippen LogP contribution in [-0.4, -0.2) is 13.1 Å². The van der Waals surface area contributed by atoms with Gasteiger partial charge >= 0.3 is 6.03 Å². The van der Waals surface area contributed by atoms with Gasteiger partial charge in [0.25, 0.3) is 0 Å². The van der Waals surface area contributed by atoms with Crippen molar-refractivity contribution in [3.05, 3.63) is 59.9 Å². The van der Waals surface area contributed by atoms with Gasteiger partial charge in [0, 0.05) is 5.02 Å². The van der Waals surface area contributed by atoms with E-state index in [1.54, 1.807) is 36.5 Å². The Kier molecular flexibility index (Phi) is 3.40. The number of nitrogens with zero attached hydrogens (tertiary/aromatic N) is 2. The van der Waals surface area contributed by atoms with Crippen LogP contribution in [0.1, 0.15) is 0 Å². The van der Waals surface area contributed by atoms with Crippen molar-refractivity contribution in [1.82, 2.24) is 0 Å². The average molecular weight is 248 g/mol. The summed E-state index contributed by atoms with van der Waals surface area (Å²) in [4.78, 5) is 13.7. The van der Waals surface area contributed by atoms with Crippen LogP contribution in [0.15, 0.2) is 54.9 Å². The molecule has 0 bridgehead atoms. The van der Waals surface area contributed by atoms with Crippen LogP contribution >= 0.6 is 11.6 Å². The van der Waals surface area contributed by atoms with Crippen LogP contribution in [0.25, 0.3) is 0 Å². The number of carbonyl (C=O) groups excluding carboxylic acids is 1. The molecule has 2 rings (SSSR count). The molecular formula is C13H12ClN2O+. The first-order chi connectivity index (χ1) is 8.18. The lowest BCUT2D eigenvalue weighted by Crippen LogP contribution is -2.50. The highest BCUT2D eigenvalue weighted by molar-refractivity contribution is 6.30. The summed E-state index contributed by atoms with van der Waals surface area (Å²) in [5.41, 5.74) is 0.802. The van der Waals surface area contributed by atoms with Gasteiger partial charge in [-0.25, -0.2) is 0 Å². The topological polar surface area (TPSA) is 24.2 Å². The molecule has 0 aliphatic heterocycles. The Hall–Kier alpha value is -1.87. The van der Waals surface area contributed by atoms with Crippen LogP contribution in [0.4, 0.5) is 10.5 Å². The van der Waals surface area contributed by atoms with Gasteiger partial charge in [0.15, 0.2) is 0 Å². The molecule has 0 unspecified atom stereocenters. The normalized spacial score (nSPS) is 10.0. The Morgan fingerprint density at radius 1 is 1.12 bits per heavy atom. The fourth-order valence-electron chi connectivity index (χ4n) is 1.47. The Morgan fingerprint density at radius 2 is 1.71 bits per heavy atom. The lowest BCUT2D eigenvalue weighted by atomic mass is 10.3. The molecule has 1 aromatic carbocycles. The molecule has 3 nitrogen and oxygen atoms in total.